The molecule has 0 aromatic carbocycles. The van der Waals surface area contributed by atoms with Crippen LogP contribution >= 0.6 is 0 Å². The molecule has 0 rings (SSSR count). The summed E-state index contributed by atoms with van der Waals surface area (Å²) < 4.78 is 42.1. The van der Waals surface area contributed by atoms with Crippen molar-refractivity contribution in [1.82, 2.24) is 5.32 Å². The van der Waals surface area contributed by atoms with Gasteiger partial charge in [-0.15, -0.1) is 0 Å². The fraction of sp³-hybridized carbons (Fsp3) is 1.00. The van der Waals surface area contributed by atoms with Gasteiger partial charge in [0.1, 0.15) is 0 Å². The van der Waals surface area contributed by atoms with E-state index in [1.807, 2.05) is 27.7 Å². The maximum atomic E-state index is 12.2. The summed E-state index contributed by atoms with van der Waals surface area (Å²) in [5, 5.41) is 3.29. The summed E-state index contributed by atoms with van der Waals surface area (Å²) in [7, 11) is 0. The molecule has 2 nitrogen and oxygen atoms in total. The second-order valence-corrected chi connectivity index (χ2v) is 5.05. The maximum Gasteiger partial charge on any atom is 0.389 e. The summed E-state index contributed by atoms with van der Waals surface area (Å²) in [5.74, 6) is 0. The van der Waals surface area contributed by atoms with Crippen LogP contribution in [0.15, 0.2) is 0 Å². The van der Waals surface area contributed by atoms with Gasteiger partial charge >= 0.3 is 6.18 Å². The van der Waals surface area contributed by atoms with E-state index in [0.29, 0.717) is 13.0 Å². The lowest BCUT2D eigenvalue weighted by atomic mass is 9.93. The highest BCUT2D eigenvalue weighted by atomic mass is 19.4. The van der Waals surface area contributed by atoms with E-state index in [0.717, 1.165) is 13.0 Å². The highest BCUT2D eigenvalue weighted by Gasteiger charge is 2.32. The predicted molar refractivity (Wildman–Crippen MR) is 67.7 cm³/mol. The Balaban J connectivity index is 4.30. The molecule has 0 saturated carbocycles. The molecule has 0 aromatic rings. The lowest BCUT2D eigenvalue weighted by Gasteiger charge is -2.35. The molecule has 0 saturated heterocycles. The van der Waals surface area contributed by atoms with Crippen LogP contribution < -0.4 is 5.32 Å². The number of halogens is 3. The Labute approximate surface area is 108 Å². The molecule has 110 valence electrons. The van der Waals surface area contributed by atoms with E-state index in [1.54, 1.807) is 0 Å². The van der Waals surface area contributed by atoms with Crippen LogP contribution in [0.4, 0.5) is 13.2 Å². The zero-order chi connectivity index (χ0) is 14.2. The molecule has 18 heavy (non-hydrogen) atoms. The van der Waals surface area contributed by atoms with Gasteiger partial charge in [-0.2, -0.15) is 13.2 Å². The van der Waals surface area contributed by atoms with Gasteiger partial charge in [0.25, 0.3) is 0 Å². The zero-order valence-corrected chi connectivity index (χ0v) is 11.9. The molecule has 0 aromatic heterocycles. The molecule has 0 aliphatic carbocycles. The van der Waals surface area contributed by atoms with E-state index in [9.17, 15) is 13.2 Å². The minimum absolute atomic E-state index is 0.0419. The molecule has 0 aliphatic heterocycles. The first kappa shape index (κ1) is 17.7. The molecule has 1 unspecified atom stereocenters. The van der Waals surface area contributed by atoms with Gasteiger partial charge < -0.3 is 10.1 Å². The Hall–Kier alpha value is -0.290. The van der Waals surface area contributed by atoms with Crippen LogP contribution in [0.3, 0.4) is 0 Å². The van der Waals surface area contributed by atoms with Gasteiger partial charge in [0.05, 0.1) is 5.60 Å². The van der Waals surface area contributed by atoms with Crippen molar-refractivity contribution in [2.75, 3.05) is 13.2 Å². The highest BCUT2D eigenvalue weighted by molar-refractivity contribution is 4.85. The van der Waals surface area contributed by atoms with Gasteiger partial charge in [0.15, 0.2) is 0 Å². The van der Waals surface area contributed by atoms with Crippen LogP contribution in [0.1, 0.15) is 53.4 Å². The van der Waals surface area contributed by atoms with E-state index in [2.05, 4.69) is 5.32 Å². The van der Waals surface area contributed by atoms with Gasteiger partial charge in [0.2, 0.25) is 0 Å². The highest BCUT2D eigenvalue weighted by Crippen LogP contribution is 2.25. The van der Waals surface area contributed by atoms with Crippen molar-refractivity contribution in [2.24, 2.45) is 0 Å². The van der Waals surface area contributed by atoms with Crippen LogP contribution in [0.2, 0.25) is 0 Å². The van der Waals surface area contributed by atoms with Crippen LogP contribution in [0, 0.1) is 0 Å². The van der Waals surface area contributed by atoms with Gasteiger partial charge in [-0.25, -0.2) is 0 Å². The molecule has 0 radical (unpaired) electrons. The number of hydrogen-bond donors (Lipinski definition) is 1. The quantitative estimate of drug-likeness (QED) is 0.685. The first-order chi connectivity index (χ1) is 8.23. The molecule has 0 heterocycles. The third-order valence-electron chi connectivity index (χ3n) is 2.95. The first-order valence-corrected chi connectivity index (χ1v) is 6.67. The average molecular weight is 269 g/mol. The smallest absolute Gasteiger partial charge is 0.374 e. The number of hydrogen-bond acceptors (Lipinski definition) is 2. The van der Waals surface area contributed by atoms with Gasteiger partial charge in [-0.1, -0.05) is 6.92 Å². The van der Waals surface area contributed by atoms with Crippen molar-refractivity contribution >= 4 is 0 Å². The third-order valence-corrected chi connectivity index (χ3v) is 2.95. The van der Waals surface area contributed by atoms with Crippen LogP contribution in [0.5, 0.6) is 0 Å². The fourth-order valence-electron chi connectivity index (χ4n) is 1.99. The van der Waals surface area contributed by atoms with Gasteiger partial charge in [0, 0.05) is 19.1 Å². The van der Waals surface area contributed by atoms with Crippen LogP contribution in [-0.2, 0) is 4.74 Å². The summed E-state index contributed by atoms with van der Waals surface area (Å²) in [6, 6.07) is -0.0419. The van der Waals surface area contributed by atoms with Crippen LogP contribution in [-0.4, -0.2) is 31.0 Å². The number of ether oxygens (including phenoxy) is 1. The number of alkyl halides is 3. The summed E-state index contributed by atoms with van der Waals surface area (Å²) in [6.07, 6.45) is -3.21. The van der Waals surface area contributed by atoms with Crippen LogP contribution in [0.25, 0.3) is 0 Å². The molecule has 0 aliphatic rings. The first-order valence-electron chi connectivity index (χ1n) is 6.67. The van der Waals surface area contributed by atoms with E-state index < -0.39 is 18.2 Å². The molecule has 0 fully saturated rings. The van der Waals surface area contributed by atoms with Crippen molar-refractivity contribution in [1.29, 1.82) is 0 Å². The molecule has 0 spiro atoms. The topological polar surface area (TPSA) is 21.3 Å². The maximum absolute atomic E-state index is 12.2. The van der Waals surface area contributed by atoms with E-state index in [-0.39, 0.29) is 12.5 Å². The standard InChI is InChI=1S/C13H26F3NO/c1-5-10-17-11(12(3,4)18-6-2)8-7-9-13(14,15)16/h11,17H,5-10H2,1-4H3. The SMILES string of the molecule is CCCNC(CCCC(F)(F)F)C(C)(C)OCC. The molecule has 5 heteroatoms. The summed E-state index contributed by atoms with van der Waals surface area (Å²) >= 11 is 0. The second kappa shape index (κ2) is 8.00. The fourth-order valence-corrected chi connectivity index (χ4v) is 1.99. The van der Waals surface area contributed by atoms with Crippen molar-refractivity contribution in [3.05, 3.63) is 0 Å². The minimum Gasteiger partial charge on any atom is -0.374 e. The molecule has 1 N–H and O–H groups in total. The van der Waals surface area contributed by atoms with Gasteiger partial charge in [-0.3, -0.25) is 0 Å². The van der Waals surface area contributed by atoms with E-state index in [1.165, 1.54) is 0 Å². The van der Waals surface area contributed by atoms with E-state index in [4.69, 9.17) is 4.74 Å². The zero-order valence-electron chi connectivity index (χ0n) is 11.9. The van der Waals surface area contributed by atoms with Crippen molar-refractivity contribution in [3.63, 3.8) is 0 Å². The summed E-state index contributed by atoms with van der Waals surface area (Å²) in [4.78, 5) is 0. The Morgan fingerprint density at radius 1 is 1.17 bits per heavy atom. The lowest BCUT2D eigenvalue weighted by Crippen LogP contribution is -2.49. The summed E-state index contributed by atoms with van der Waals surface area (Å²) in [6.45, 7) is 9.15. The summed E-state index contributed by atoms with van der Waals surface area (Å²) in [5.41, 5.74) is -0.435. The normalized spacial score (nSPS) is 14.8. The Bertz CT molecular complexity index is 217. The molecular formula is C13H26F3NO. The Kier molecular flexibility index (Phi) is 7.87. The van der Waals surface area contributed by atoms with Gasteiger partial charge in [-0.05, 0) is 46.6 Å². The Morgan fingerprint density at radius 2 is 1.78 bits per heavy atom. The number of rotatable bonds is 9. The largest absolute Gasteiger partial charge is 0.389 e. The molecule has 1 atom stereocenters. The monoisotopic (exact) mass is 269 g/mol. The van der Waals surface area contributed by atoms with E-state index >= 15 is 0 Å². The number of nitrogens with one attached hydrogen (secondary N) is 1. The second-order valence-electron chi connectivity index (χ2n) is 5.05. The minimum atomic E-state index is -4.06. The lowest BCUT2D eigenvalue weighted by molar-refractivity contribution is -0.137. The van der Waals surface area contributed by atoms with Crippen molar-refractivity contribution in [3.8, 4) is 0 Å². The Morgan fingerprint density at radius 3 is 2.22 bits per heavy atom. The molecular weight excluding hydrogens is 243 g/mol. The molecule has 0 amide bonds. The van der Waals surface area contributed by atoms with Crippen molar-refractivity contribution in [2.45, 2.75) is 71.2 Å². The third kappa shape index (κ3) is 7.93. The average Bonchev–Trinajstić information content (AvgIpc) is 2.21. The predicted octanol–water partition coefficient (Wildman–Crippen LogP) is 3.90. The van der Waals surface area contributed by atoms with Crippen molar-refractivity contribution < 1.29 is 17.9 Å². The molecule has 0 bridgehead atoms.